The van der Waals surface area contributed by atoms with Gasteiger partial charge in [-0.05, 0) is 56.6 Å². The molecule has 1 aromatic carbocycles. The third kappa shape index (κ3) is 4.27. The van der Waals surface area contributed by atoms with E-state index in [9.17, 15) is 15.1 Å². The Hall–Kier alpha value is -3.13. The molecule has 0 radical (unpaired) electrons. The molecule has 3 aromatic rings. The fourth-order valence-electron chi connectivity index (χ4n) is 4.26. The Balaban J connectivity index is 1.45. The lowest BCUT2D eigenvalue weighted by Gasteiger charge is -2.25. The molecule has 8 heteroatoms. The summed E-state index contributed by atoms with van der Waals surface area (Å²) in [6, 6.07) is 9.06. The van der Waals surface area contributed by atoms with Gasteiger partial charge in [0.2, 0.25) is 5.69 Å². The summed E-state index contributed by atoms with van der Waals surface area (Å²) in [5.74, 6) is 0.733. The molecule has 2 fully saturated rings. The van der Waals surface area contributed by atoms with Crippen LogP contribution in [-0.2, 0) is 0 Å². The Morgan fingerprint density at radius 1 is 1.22 bits per heavy atom. The standard InChI is InChI=1S/C24H28N4O4/c1-15-3-2-4-22(28(15)31)24(30)25-21-11-17-13-27(18-7-9-19(29)10-8-18)26-20(17)12-23(21)32-14-16-5-6-16/h2-4,11-13,16,18-19,29H,5-10,14H2,1H3,(H-,25,30,31)/p+1/t18-,19-. The maximum absolute atomic E-state index is 12.9. The SMILES string of the molecule is Cc1cccc(C(=O)Nc2cc3cn([C@H]4CC[C@H](O)CC4)nc3cc2OCC2CC2)[n+]1O. The van der Waals surface area contributed by atoms with Crippen LogP contribution in [0.2, 0.25) is 0 Å². The first-order chi connectivity index (χ1) is 15.5. The van der Waals surface area contributed by atoms with Crippen molar-refractivity contribution in [2.45, 2.75) is 57.6 Å². The Labute approximate surface area is 186 Å². The molecule has 32 heavy (non-hydrogen) atoms. The van der Waals surface area contributed by atoms with Gasteiger partial charge < -0.3 is 15.2 Å². The van der Waals surface area contributed by atoms with Gasteiger partial charge in [0.15, 0.2) is 0 Å². The number of ether oxygens (including phenoxy) is 1. The van der Waals surface area contributed by atoms with Crippen LogP contribution in [-0.4, -0.2) is 38.7 Å². The molecule has 2 saturated carbocycles. The molecular formula is C24H29N4O4+. The molecule has 8 nitrogen and oxygen atoms in total. The summed E-state index contributed by atoms with van der Waals surface area (Å²) in [6.07, 6.45) is 7.49. The number of benzene rings is 1. The number of aliphatic hydroxyl groups excluding tert-OH is 1. The Kier molecular flexibility index (Phi) is 5.46. The van der Waals surface area contributed by atoms with Crippen molar-refractivity contribution in [3.8, 4) is 5.75 Å². The highest BCUT2D eigenvalue weighted by Crippen LogP contribution is 2.35. The van der Waals surface area contributed by atoms with Gasteiger partial charge in [0.05, 0.1) is 30.0 Å². The van der Waals surface area contributed by atoms with E-state index in [4.69, 9.17) is 9.84 Å². The van der Waals surface area contributed by atoms with Gasteiger partial charge in [-0.25, -0.2) is 0 Å². The first kappa shape index (κ1) is 20.8. The fraction of sp³-hybridized carbons (Fsp3) is 0.458. The monoisotopic (exact) mass is 437 g/mol. The van der Waals surface area contributed by atoms with Crippen molar-refractivity contribution in [1.29, 1.82) is 0 Å². The molecule has 5 rings (SSSR count). The molecule has 2 aromatic heterocycles. The van der Waals surface area contributed by atoms with Crippen LogP contribution in [0.5, 0.6) is 5.75 Å². The summed E-state index contributed by atoms with van der Waals surface area (Å²) in [4.78, 5) is 12.9. The molecule has 0 spiro atoms. The molecule has 168 valence electrons. The lowest BCUT2D eigenvalue weighted by atomic mass is 9.93. The summed E-state index contributed by atoms with van der Waals surface area (Å²) < 4.78 is 8.93. The predicted octanol–water partition coefficient (Wildman–Crippen LogP) is 3.39. The van der Waals surface area contributed by atoms with E-state index >= 15 is 0 Å². The summed E-state index contributed by atoms with van der Waals surface area (Å²) in [5.41, 5.74) is 2.09. The zero-order valence-corrected chi connectivity index (χ0v) is 18.2. The number of nitrogens with zero attached hydrogens (tertiary/aromatic N) is 3. The van der Waals surface area contributed by atoms with E-state index in [0.717, 1.165) is 41.3 Å². The van der Waals surface area contributed by atoms with Gasteiger partial charge >= 0.3 is 11.6 Å². The number of aryl methyl sites for hydroxylation is 1. The van der Waals surface area contributed by atoms with Gasteiger partial charge in [-0.2, -0.15) is 5.10 Å². The summed E-state index contributed by atoms with van der Waals surface area (Å²) in [7, 11) is 0. The third-order valence-corrected chi connectivity index (χ3v) is 6.47. The second-order valence-electron chi connectivity index (χ2n) is 9.05. The van der Waals surface area contributed by atoms with Crippen molar-refractivity contribution >= 4 is 22.5 Å². The molecular weight excluding hydrogens is 408 g/mol. The summed E-state index contributed by atoms with van der Waals surface area (Å²) >= 11 is 0. The van der Waals surface area contributed by atoms with Crippen LogP contribution >= 0.6 is 0 Å². The number of fused-ring (bicyclic) bond motifs is 1. The highest BCUT2D eigenvalue weighted by molar-refractivity contribution is 6.04. The molecule has 0 saturated heterocycles. The largest absolute Gasteiger partial charge is 0.491 e. The van der Waals surface area contributed by atoms with Gasteiger partial charge in [-0.3, -0.25) is 14.7 Å². The number of aliphatic hydroxyl groups is 1. The van der Waals surface area contributed by atoms with Crippen LogP contribution in [0.4, 0.5) is 5.69 Å². The zero-order valence-electron chi connectivity index (χ0n) is 18.2. The average Bonchev–Trinajstić information content (AvgIpc) is 3.52. The Bertz CT molecular complexity index is 1150. The van der Waals surface area contributed by atoms with E-state index < -0.39 is 5.91 Å². The van der Waals surface area contributed by atoms with E-state index in [2.05, 4.69) is 5.32 Å². The van der Waals surface area contributed by atoms with E-state index in [1.165, 1.54) is 12.8 Å². The maximum Gasteiger partial charge on any atom is 0.325 e. The third-order valence-electron chi connectivity index (χ3n) is 6.47. The van der Waals surface area contributed by atoms with E-state index in [1.807, 2.05) is 23.0 Å². The molecule has 0 unspecified atom stereocenters. The second kappa shape index (κ2) is 8.43. The van der Waals surface area contributed by atoms with Crippen molar-refractivity contribution in [2.24, 2.45) is 5.92 Å². The van der Waals surface area contributed by atoms with Crippen molar-refractivity contribution < 1.29 is 24.6 Å². The molecule has 0 aliphatic heterocycles. The molecule has 2 heterocycles. The first-order valence-electron chi connectivity index (χ1n) is 11.3. The number of nitrogens with one attached hydrogen (secondary N) is 1. The lowest BCUT2D eigenvalue weighted by molar-refractivity contribution is -0.909. The van der Waals surface area contributed by atoms with Gasteiger partial charge in [-0.1, -0.05) is 0 Å². The van der Waals surface area contributed by atoms with Crippen LogP contribution in [0, 0.1) is 12.8 Å². The van der Waals surface area contributed by atoms with Crippen LogP contribution in [0.3, 0.4) is 0 Å². The quantitative estimate of drug-likeness (QED) is 0.405. The van der Waals surface area contributed by atoms with Gasteiger partial charge in [0.1, 0.15) is 5.75 Å². The number of rotatable bonds is 6. The molecule has 3 N–H and O–H groups in total. The Morgan fingerprint density at radius 3 is 2.75 bits per heavy atom. The van der Waals surface area contributed by atoms with Crippen molar-refractivity contribution in [3.63, 3.8) is 0 Å². The predicted molar refractivity (Wildman–Crippen MR) is 118 cm³/mol. The number of carbonyl (C=O) groups excluding carboxylic acids is 1. The minimum Gasteiger partial charge on any atom is -0.491 e. The van der Waals surface area contributed by atoms with E-state index in [1.54, 1.807) is 25.1 Å². The van der Waals surface area contributed by atoms with Crippen molar-refractivity contribution in [2.75, 3.05) is 11.9 Å². The number of aromatic nitrogens is 3. The number of carbonyl (C=O) groups is 1. The van der Waals surface area contributed by atoms with Crippen LogP contribution < -0.4 is 14.8 Å². The fourth-order valence-corrected chi connectivity index (χ4v) is 4.26. The lowest BCUT2D eigenvalue weighted by Crippen LogP contribution is -2.42. The van der Waals surface area contributed by atoms with Gasteiger partial charge in [-0.15, -0.1) is 0 Å². The van der Waals surface area contributed by atoms with Crippen LogP contribution in [0.15, 0.2) is 36.5 Å². The van der Waals surface area contributed by atoms with E-state index in [0.29, 0.717) is 29.7 Å². The zero-order chi connectivity index (χ0) is 22.2. The highest BCUT2D eigenvalue weighted by Gasteiger charge is 2.26. The number of anilines is 1. The van der Waals surface area contributed by atoms with Crippen molar-refractivity contribution in [1.82, 2.24) is 9.78 Å². The minimum atomic E-state index is -0.416. The van der Waals surface area contributed by atoms with Crippen LogP contribution in [0.1, 0.15) is 60.7 Å². The summed E-state index contributed by atoms with van der Waals surface area (Å²) in [6.45, 7) is 2.34. The maximum atomic E-state index is 12.9. The molecule has 0 atom stereocenters. The number of amides is 1. The molecule has 2 aliphatic carbocycles. The average molecular weight is 438 g/mol. The second-order valence-corrected chi connectivity index (χ2v) is 9.05. The van der Waals surface area contributed by atoms with Gasteiger partial charge in [0.25, 0.3) is 0 Å². The number of hydrogen-bond acceptors (Lipinski definition) is 5. The topological polar surface area (TPSA) is 100 Å². The number of pyridine rings is 1. The number of hydrogen-bond donors (Lipinski definition) is 3. The van der Waals surface area contributed by atoms with Gasteiger partial charge in [0, 0.05) is 41.4 Å². The molecule has 1 amide bonds. The highest BCUT2D eigenvalue weighted by atomic mass is 16.5. The molecule has 0 bridgehead atoms. The van der Waals surface area contributed by atoms with Crippen molar-refractivity contribution in [3.05, 3.63) is 47.9 Å². The first-order valence-corrected chi connectivity index (χ1v) is 11.3. The minimum absolute atomic E-state index is 0.148. The Morgan fingerprint density at radius 2 is 2.00 bits per heavy atom. The summed E-state index contributed by atoms with van der Waals surface area (Å²) in [5, 5.41) is 28.6. The van der Waals surface area contributed by atoms with Crippen LogP contribution in [0.25, 0.3) is 10.9 Å². The smallest absolute Gasteiger partial charge is 0.325 e. The normalized spacial score (nSPS) is 20.9. The molecule has 2 aliphatic rings. The van der Waals surface area contributed by atoms with E-state index in [-0.39, 0.29) is 17.8 Å².